The standard InChI is InChI=1S/C10H9BrF2O/c11-6-3-8(4-6)14-10-5-7(12)1-2-9(10)13/h1-2,5-6,8H,3-4H2. The van der Waals surface area contributed by atoms with Crippen molar-refractivity contribution in [1.29, 1.82) is 0 Å². The smallest absolute Gasteiger partial charge is 0.165 e. The highest BCUT2D eigenvalue weighted by molar-refractivity contribution is 9.09. The molecule has 0 aliphatic heterocycles. The first-order valence-electron chi connectivity index (χ1n) is 4.41. The molecule has 14 heavy (non-hydrogen) atoms. The zero-order valence-corrected chi connectivity index (χ0v) is 8.93. The van der Waals surface area contributed by atoms with Gasteiger partial charge in [-0.05, 0) is 25.0 Å². The van der Waals surface area contributed by atoms with E-state index in [-0.39, 0.29) is 11.9 Å². The van der Waals surface area contributed by atoms with Gasteiger partial charge in [0.2, 0.25) is 0 Å². The molecule has 1 aliphatic carbocycles. The molecule has 1 fully saturated rings. The van der Waals surface area contributed by atoms with Gasteiger partial charge in [0.15, 0.2) is 11.6 Å². The minimum Gasteiger partial charge on any atom is -0.487 e. The number of hydrogen-bond acceptors (Lipinski definition) is 1. The van der Waals surface area contributed by atoms with Crippen LogP contribution in [0.5, 0.6) is 5.75 Å². The summed E-state index contributed by atoms with van der Waals surface area (Å²) in [4.78, 5) is 0.448. The largest absolute Gasteiger partial charge is 0.487 e. The number of hydrogen-bond donors (Lipinski definition) is 0. The summed E-state index contributed by atoms with van der Waals surface area (Å²) in [5.41, 5.74) is 0. The van der Waals surface area contributed by atoms with Gasteiger partial charge in [0.25, 0.3) is 0 Å². The molecule has 0 atom stereocenters. The Morgan fingerprint density at radius 3 is 2.64 bits per heavy atom. The normalized spacial score (nSPS) is 25.6. The van der Waals surface area contributed by atoms with E-state index in [0.29, 0.717) is 4.83 Å². The lowest BCUT2D eigenvalue weighted by molar-refractivity contribution is 0.122. The van der Waals surface area contributed by atoms with Gasteiger partial charge in [-0.3, -0.25) is 0 Å². The van der Waals surface area contributed by atoms with Crippen LogP contribution in [-0.2, 0) is 0 Å². The van der Waals surface area contributed by atoms with Gasteiger partial charge < -0.3 is 4.74 Å². The SMILES string of the molecule is Fc1ccc(F)c(OC2CC(Br)C2)c1. The van der Waals surface area contributed by atoms with Crippen molar-refractivity contribution in [1.82, 2.24) is 0 Å². The summed E-state index contributed by atoms with van der Waals surface area (Å²) in [5, 5.41) is 0. The molecule has 4 heteroatoms. The average Bonchev–Trinajstić information content (AvgIpc) is 2.09. The Bertz CT molecular complexity index is 337. The van der Waals surface area contributed by atoms with E-state index in [2.05, 4.69) is 15.9 Å². The highest BCUT2D eigenvalue weighted by Gasteiger charge is 2.29. The van der Waals surface area contributed by atoms with Crippen LogP contribution >= 0.6 is 15.9 Å². The van der Waals surface area contributed by atoms with Gasteiger partial charge in [-0.2, -0.15) is 0 Å². The molecule has 0 spiro atoms. The molecule has 0 unspecified atom stereocenters. The van der Waals surface area contributed by atoms with Gasteiger partial charge in [0, 0.05) is 10.9 Å². The Balaban J connectivity index is 2.05. The van der Waals surface area contributed by atoms with Gasteiger partial charge in [-0.15, -0.1) is 0 Å². The predicted molar refractivity (Wildman–Crippen MR) is 52.7 cm³/mol. The fourth-order valence-corrected chi connectivity index (χ4v) is 2.18. The first-order valence-corrected chi connectivity index (χ1v) is 5.32. The summed E-state index contributed by atoms with van der Waals surface area (Å²) in [6.45, 7) is 0. The van der Waals surface area contributed by atoms with E-state index in [1.165, 1.54) is 0 Å². The van der Waals surface area contributed by atoms with Gasteiger partial charge >= 0.3 is 0 Å². The predicted octanol–water partition coefficient (Wildman–Crippen LogP) is 3.27. The maximum absolute atomic E-state index is 13.1. The van der Waals surface area contributed by atoms with Crippen molar-refractivity contribution in [2.75, 3.05) is 0 Å². The molecule has 1 saturated carbocycles. The summed E-state index contributed by atoms with van der Waals surface area (Å²) in [6, 6.07) is 3.24. The zero-order chi connectivity index (χ0) is 10.1. The maximum atomic E-state index is 13.1. The van der Waals surface area contributed by atoms with Gasteiger partial charge in [0.05, 0.1) is 0 Å². The fraction of sp³-hybridized carbons (Fsp3) is 0.400. The topological polar surface area (TPSA) is 9.23 Å². The van der Waals surface area contributed by atoms with Crippen LogP contribution in [0, 0.1) is 11.6 Å². The van der Waals surface area contributed by atoms with Gasteiger partial charge in [0.1, 0.15) is 11.9 Å². The van der Waals surface area contributed by atoms with E-state index < -0.39 is 11.6 Å². The molecule has 0 radical (unpaired) electrons. The number of ether oxygens (including phenoxy) is 1. The molecule has 1 aliphatic rings. The first-order chi connectivity index (χ1) is 6.65. The van der Waals surface area contributed by atoms with E-state index in [4.69, 9.17) is 4.74 Å². The Hall–Kier alpha value is -0.640. The van der Waals surface area contributed by atoms with Crippen molar-refractivity contribution in [2.45, 2.75) is 23.8 Å². The van der Waals surface area contributed by atoms with Crippen molar-refractivity contribution >= 4 is 15.9 Å². The molecule has 0 heterocycles. The zero-order valence-electron chi connectivity index (χ0n) is 7.34. The third-order valence-electron chi connectivity index (χ3n) is 2.22. The second-order valence-electron chi connectivity index (χ2n) is 3.38. The second kappa shape index (κ2) is 3.85. The summed E-state index contributed by atoms with van der Waals surface area (Å²) in [6.07, 6.45) is 1.70. The van der Waals surface area contributed by atoms with Crippen LogP contribution in [0.2, 0.25) is 0 Å². The van der Waals surface area contributed by atoms with Crippen molar-refractivity contribution in [3.05, 3.63) is 29.8 Å². The van der Waals surface area contributed by atoms with Crippen LogP contribution in [0.4, 0.5) is 8.78 Å². The van der Waals surface area contributed by atoms with Crippen molar-refractivity contribution < 1.29 is 13.5 Å². The molecule has 1 aromatic rings. The molecule has 2 rings (SSSR count). The Labute approximate surface area is 89.2 Å². The molecule has 0 N–H and O–H groups in total. The van der Waals surface area contributed by atoms with E-state index in [1.807, 2.05) is 0 Å². The lowest BCUT2D eigenvalue weighted by Gasteiger charge is -2.31. The lowest BCUT2D eigenvalue weighted by atomic mass is 9.96. The number of halogens is 3. The quantitative estimate of drug-likeness (QED) is 0.744. The van der Waals surface area contributed by atoms with Crippen LogP contribution in [0.25, 0.3) is 0 Å². The minimum absolute atomic E-state index is 0.00870. The van der Waals surface area contributed by atoms with Gasteiger partial charge in [-0.25, -0.2) is 8.78 Å². The first kappa shape index (κ1) is 9.90. The molecule has 0 saturated heterocycles. The van der Waals surface area contributed by atoms with Crippen LogP contribution in [0.3, 0.4) is 0 Å². The number of benzene rings is 1. The summed E-state index contributed by atoms with van der Waals surface area (Å²) < 4.78 is 31.1. The van der Waals surface area contributed by atoms with Gasteiger partial charge in [-0.1, -0.05) is 15.9 Å². The fourth-order valence-electron chi connectivity index (χ4n) is 1.34. The summed E-state index contributed by atoms with van der Waals surface area (Å²) in [5.74, 6) is -0.977. The van der Waals surface area contributed by atoms with Crippen molar-refractivity contribution in [2.24, 2.45) is 0 Å². The van der Waals surface area contributed by atoms with Crippen LogP contribution in [0.1, 0.15) is 12.8 Å². The molecule has 1 nitrogen and oxygen atoms in total. The van der Waals surface area contributed by atoms with Crippen LogP contribution in [-0.4, -0.2) is 10.9 Å². The van der Waals surface area contributed by atoms with E-state index >= 15 is 0 Å². The van der Waals surface area contributed by atoms with Crippen molar-refractivity contribution in [3.8, 4) is 5.75 Å². The molecule has 1 aromatic carbocycles. The monoisotopic (exact) mass is 262 g/mol. The number of alkyl halides is 1. The molecular weight excluding hydrogens is 254 g/mol. The minimum atomic E-state index is -0.510. The molecular formula is C10H9BrF2O. The average molecular weight is 263 g/mol. The summed E-state index contributed by atoms with van der Waals surface area (Å²) in [7, 11) is 0. The third-order valence-corrected chi connectivity index (χ3v) is 2.97. The maximum Gasteiger partial charge on any atom is 0.165 e. The third kappa shape index (κ3) is 2.05. The Kier molecular flexibility index (Phi) is 2.72. The van der Waals surface area contributed by atoms with E-state index in [9.17, 15) is 8.78 Å². The van der Waals surface area contributed by atoms with E-state index in [1.54, 1.807) is 0 Å². The Morgan fingerprint density at radius 2 is 2.00 bits per heavy atom. The molecule has 0 amide bonds. The molecule has 0 bridgehead atoms. The Morgan fingerprint density at radius 1 is 1.29 bits per heavy atom. The highest BCUT2D eigenvalue weighted by Crippen LogP contribution is 2.32. The van der Waals surface area contributed by atoms with Crippen molar-refractivity contribution in [3.63, 3.8) is 0 Å². The van der Waals surface area contributed by atoms with Crippen LogP contribution in [0.15, 0.2) is 18.2 Å². The lowest BCUT2D eigenvalue weighted by Crippen LogP contribution is -2.34. The van der Waals surface area contributed by atoms with E-state index in [0.717, 1.165) is 31.0 Å². The van der Waals surface area contributed by atoms with Crippen LogP contribution < -0.4 is 4.74 Å². The number of rotatable bonds is 2. The molecule has 76 valence electrons. The second-order valence-corrected chi connectivity index (χ2v) is 4.68. The highest BCUT2D eigenvalue weighted by atomic mass is 79.9. The molecule has 0 aromatic heterocycles. The summed E-state index contributed by atoms with van der Waals surface area (Å²) >= 11 is 3.40.